The fourth-order valence-corrected chi connectivity index (χ4v) is 3.23. The summed E-state index contributed by atoms with van der Waals surface area (Å²) < 4.78 is 0. The van der Waals surface area contributed by atoms with E-state index in [1.807, 2.05) is 13.8 Å². The first-order valence-electron chi connectivity index (χ1n) is 8.52. The smallest absolute Gasteiger partial charge is 0.237 e. The fourth-order valence-electron chi connectivity index (χ4n) is 3.23. The van der Waals surface area contributed by atoms with Gasteiger partial charge >= 0.3 is 0 Å². The SMILES string of the molecule is CCNC(C)(CC(C)N(CC(C)C)C(CC)CC)C(N)=O. The third kappa shape index (κ3) is 6.35. The normalized spacial score (nSPS) is 16.5. The van der Waals surface area contributed by atoms with Gasteiger partial charge in [0.15, 0.2) is 0 Å². The van der Waals surface area contributed by atoms with Crippen molar-refractivity contribution in [1.82, 2.24) is 10.2 Å². The number of nitrogens with one attached hydrogen (secondary N) is 1. The van der Waals surface area contributed by atoms with Crippen molar-refractivity contribution in [3.8, 4) is 0 Å². The second-order valence-electron chi connectivity index (χ2n) is 6.84. The number of hydrogen-bond acceptors (Lipinski definition) is 3. The van der Waals surface area contributed by atoms with Crippen molar-refractivity contribution in [1.29, 1.82) is 0 Å². The van der Waals surface area contributed by atoms with Gasteiger partial charge in [-0.3, -0.25) is 9.69 Å². The zero-order valence-corrected chi connectivity index (χ0v) is 15.2. The average molecular weight is 300 g/mol. The average Bonchev–Trinajstić information content (AvgIpc) is 2.38. The predicted molar refractivity (Wildman–Crippen MR) is 91.3 cm³/mol. The van der Waals surface area contributed by atoms with E-state index < -0.39 is 5.54 Å². The van der Waals surface area contributed by atoms with Crippen LogP contribution in [0, 0.1) is 5.92 Å². The van der Waals surface area contributed by atoms with Crippen LogP contribution in [0.4, 0.5) is 0 Å². The van der Waals surface area contributed by atoms with E-state index in [0.29, 0.717) is 18.0 Å². The molecule has 0 saturated carbocycles. The Balaban J connectivity index is 5.09. The number of hydrogen-bond donors (Lipinski definition) is 2. The largest absolute Gasteiger partial charge is 0.368 e. The van der Waals surface area contributed by atoms with Crippen molar-refractivity contribution < 1.29 is 4.79 Å². The second kappa shape index (κ2) is 9.42. The molecule has 0 aliphatic rings. The van der Waals surface area contributed by atoms with E-state index in [0.717, 1.165) is 32.4 Å². The summed E-state index contributed by atoms with van der Waals surface area (Å²) in [6, 6.07) is 0.898. The molecule has 0 heterocycles. The van der Waals surface area contributed by atoms with Crippen molar-refractivity contribution in [2.45, 2.75) is 85.4 Å². The lowest BCUT2D eigenvalue weighted by Crippen LogP contribution is -2.57. The fraction of sp³-hybridized carbons (Fsp3) is 0.941. The molecule has 21 heavy (non-hydrogen) atoms. The van der Waals surface area contributed by atoms with Crippen LogP contribution in [0.15, 0.2) is 0 Å². The van der Waals surface area contributed by atoms with Gasteiger partial charge in [-0.2, -0.15) is 0 Å². The van der Waals surface area contributed by atoms with Crippen LogP contribution in [0.2, 0.25) is 0 Å². The third-order valence-electron chi connectivity index (χ3n) is 4.37. The van der Waals surface area contributed by atoms with E-state index in [1.54, 1.807) is 0 Å². The number of carbonyl (C=O) groups excluding carboxylic acids is 1. The summed E-state index contributed by atoms with van der Waals surface area (Å²) in [4.78, 5) is 14.4. The van der Waals surface area contributed by atoms with Crippen molar-refractivity contribution in [2.24, 2.45) is 11.7 Å². The first-order valence-corrected chi connectivity index (χ1v) is 8.52. The third-order valence-corrected chi connectivity index (χ3v) is 4.37. The number of amides is 1. The van der Waals surface area contributed by atoms with Crippen LogP contribution in [0.5, 0.6) is 0 Å². The van der Waals surface area contributed by atoms with Crippen LogP contribution in [0.1, 0.15) is 67.7 Å². The molecule has 0 aromatic rings. The standard InChI is InChI=1S/C17H37N3O/c1-8-15(9-2)20(12-13(4)5)14(6)11-17(7,16(18)21)19-10-3/h13-15,19H,8-12H2,1-7H3,(H2,18,21). The summed E-state index contributed by atoms with van der Waals surface area (Å²) in [6.45, 7) is 17.0. The highest BCUT2D eigenvalue weighted by molar-refractivity contribution is 5.84. The summed E-state index contributed by atoms with van der Waals surface area (Å²) >= 11 is 0. The van der Waals surface area contributed by atoms with Crippen LogP contribution < -0.4 is 11.1 Å². The van der Waals surface area contributed by atoms with E-state index in [9.17, 15) is 4.79 Å². The summed E-state index contributed by atoms with van der Waals surface area (Å²) in [7, 11) is 0. The Labute approximate surface area is 131 Å². The molecule has 0 rings (SSSR count). The van der Waals surface area contributed by atoms with Crippen LogP contribution in [0.25, 0.3) is 0 Å². The lowest BCUT2D eigenvalue weighted by Gasteiger charge is -2.40. The highest BCUT2D eigenvalue weighted by Gasteiger charge is 2.34. The summed E-state index contributed by atoms with van der Waals surface area (Å²) in [5, 5.41) is 3.27. The maximum absolute atomic E-state index is 11.8. The maximum atomic E-state index is 11.8. The molecule has 0 spiro atoms. The van der Waals surface area contributed by atoms with E-state index in [-0.39, 0.29) is 5.91 Å². The summed E-state index contributed by atoms with van der Waals surface area (Å²) in [5.41, 5.74) is 5.00. The predicted octanol–water partition coefficient (Wildman–Crippen LogP) is 2.77. The molecular weight excluding hydrogens is 262 g/mol. The molecule has 0 radical (unpaired) electrons. The second-order valence-corrected chi connectivity index (χ2v) is 6.84. The first-order chi connectivity index (χ1) is 9.71. The van der Waals surface area contributed by atoms with Gasteiger partial charge in [0.05, 0.1) is 5.54 Å². The van der Waals surface area contributed by atoms with Crippen molar-refractivity contribution in [2.75, 3.05) is 13.1 Å². The lowest BCUT2D eigenvalue weighted by molar-refractivity contribution is -0.124. The highest BCUT2D eigenvalue weighted by atomic mass is 16.1. The number of primary amides is 1. The number of rotatable bonds is 11. The van der Waals surface area contributed by atoms with Gasteiger partial charge in [-0.05, 0) is 45.6 Å². The molecular formula is C17H37N3O. The number of nitrogens with two attached hydrogens (primary N) is 1. The minimum atomic E-state index is -0.630. The van der Waals surface area contributed by atoms with Crippen molar-refractivity contribution in [3.63, 3.8) is 0 Å². The molecule has 3 N–H and O–H groups in total. The minimum Gasteiger partial charge on any atom is -0.368 e. The molecule has 126 valence electrons. The zero-order valence-electron chi connectivity index (χ0n) is 15.2. The molecule has 0 aliphatic heterocycles. The molecule has 2 atom stereocenters. The van der Waals surface area contributed by atoms with E-state index in [1.165, 1.54) is 0 Å². The van der Waals surface area contributed by atoms with Crippen LogP contribution in [-0.4, -0.2) is 41.5 Å². The Hall–Kier alpha value is -0.610. The van der Waals surface area contributed by atoms with Gasteiger partial charge in [0.2, 0.25) is 5.91 Å². The molecule has 1 amide bonds. The Morgan fingerprint density at radius 1 is 1.19 bits per heavy atom. The van der Waals surface area contributed by atoms with Crippen molar-refractivity contribution in [3.05, 3.63) is 0 Å². The highest BCUT2D eigenvalue weighted by Crippen LogP contribution is 2.22. The molecule has 4 heteroatoms. The Morgan fingerprint density at radius 3 is 2.05 bits per heavy atom. The quantitative estimate of drug-likeness (QED) is 0.617. The van der Waals surface area contributed by atoms with Gasteiger partial charge in [0.25, 0.3) is 0 Å². The number of carbonyl (C=O) groups is 1. The Morgan fingerprint density at radius 2 is 1.71 bits per heavy atom. The van der Waals surface area contributed by atoms with Gasteiger partial charge in [-0.1, -0.05) is 34.6 Å². The van der Waals surface area contributed by atoms with E-state index >= 15 is 0 Å². The number of nitrogens with zero attached hydrogens (tertiary/aromatic N) is 1. The maximum Gasteiger partial charge on any atom is 0.237 e. The van der Waals surface area contributed by atoms with E-state index in [2.05, 4.69) is 44.8 Å². The minimum absolute atomic E-state index is 0.259. The molecule has 0 bridgehead atoms. The first kappa shape index (κ1) is 20.4. The van der Waals surface area contributed by atoms with Gasteiger partial charge in [0.1, 0.15) is 0 Å². The molecule has 4 nitrogen and oxygen atoms in total. The van der Waals surface area contributed by atoms with Crippen LogP contribution in [0.3, 0.4) is 0 Å². The van der Waals surface area contributed by atoms with Gasteiger partial charge < -0.3 is 11.1 Å². The topological polar surface area (TPSA) is 58.4 Å². The van der Waals surface area contributed by atoms with Crippen LogP contribution >= 0.6 is 0 Å². The van der Waals surface area contributed by atoms with E-state index in [4.69, 9.17) is 5.73 Å². The molecule has 0 aromatic heterocycles. The summed E-state index contributed by atoms with van der Waals surface area (Å²) in [5.74, 6) is 0.359. The molecule has 0 aliphatic carbocycles. The van der Waals surface area contributed by atoms with Gasteiger partial charge in [-0.25, -0.2) is 0 Å². The number of likely N-dealkylation sites (N-methyl/N-ethyl adjacent to an activating group) is 1. The Bertz CT molecular complexity index is 302. The summed E-state index contributed by atoms with van der Waals surface area (Å²) in [6.07, 6.45) is 3.03. The Kier molecular flexibility index (Phi) is 9.14. The lowest BCUT2D eigenvalue weighted by atomic mass is 9.90. The molecule has 0 aromatic carbocycles. The monoisotopic (exact) mass is 299 g/mol. The van der Waals surface area contributed by atoms with Crippen LogP contribution in [-0.2, 0) is 4.79 Å². The van der Waals surface area contributed by atoms with Crippen molar-refractivity contribution >= 4 is 5.91 Å². The zero-order chi connectivity index (χ0) is 16.6. The molecule has 2 unspecified atom stereocenters. The molecule has 0 fully saturated rings. The molecule has 0 saturated heterocycles. The van der Waals surface area contributed by atoms with Gasteiger partial charge in [-0.15, -0.1) is 0 Å². The van der Waals surface area contributed by atoms with Gasteiger partial charge in [0, 0.05) is 18.6 Å².